The van der Waals surface area contributed by atoms with Crippen LogP contribution in [0, 0.1) is 0 Å². The van der Waals surface area contributed by atoms with Crippen LogP contribution in [0.1, 0.15) is 26.2 Å². The molecule has 5 heteroatoms. The van der Waals surface area contributed by atoms with E-state index in [2.05, 4.69) is 0 Å². The van der Waals surface area contributed by atoms with Crippen LogP contribution in [0.5, 0.6) is 0 Å². The van der Waals surface area contributed by atoms with E-state index < -0.39 is 16.0 Å². The van der Waals surface area contributed by atoms with Crippen molar-refractivity contribution in [3.63, 3.8) is 0 Å². The Bertz CT molecular complexity index is 189. The first-order valence-electron chi connectivity index (χ1n) is 4.06. The first-order chi connectivity index (χ1) is 5.56. The number of halogens is 1. The molecule has 0 heterocycles. The van der Waals surface area contributed by atoms with Crippen molar-refractivity contribution in [3.8, 4) is 0 Å². The van der Waals surface area contributed by atoms with E-state index in [4.69, 9.17) is 4.74 Å². The highest BCUT2D eigenvalue weighted by Crippen LogP contribution is 1.95. The summed E-state index contributed by atoms with van der Waals surface area (Å²) in [4.78, 5) is 0. The molecule has 0 amide bonds. The Hall–Kier alpha value is -0.160. The molecule has 0 aromatic rings. The van der Waals surface area contributed by atoms with E-state index in [1.54, 1.807) is 0 Å². The van der Waals surface area contributed by atoms with Crippen LogP contribution in [-0.2, 0) is 15.0 Å². The van der Waals surface area contributed by atoms with Gasteiger partial charge < -0.3 is 4.74 Å². The predicted molar refractivity (Wildman–Crippen MR) is 45.2 cm³/mol. The highest BCUT2D eigenvalue weighted by Gasteiger charge is 2.05. The fourth-order valence-corrected chi connectivity index (χ4v) is 1.14. The maximum Gasteiger partial charge on any atom is 0.302 e. The molecular formula is C7H15FO3S. The van der Waals surface area contributed by atoms with Crippen LogP contribution in [0.3, 0.4) is 0 Å². The van der Waals surface area contributed by atoms with Crippen LogP contribution in [-0.4, -0.2) is 27.4 Å². The molecule has 0 N–H and O–H groups in total. The summed E-state index contributed by atoms with van der Waals surface area (Å²) in [5.41, 5.74) is 0. The third-order valence-corrected chi connectivity index (χ3v) is 2.10. The Kier molecular flexibility index (Phi) is 6.28. The lowest BCUT2D eigenvalue weighted by molar-refractivity contribution is 0.132. The molecule has 0 aromatic heterocycles. The predicted octanol–water partition coefficient (Wildman–Crippen LogP) is 1.49. The number of hydrogen-bond donors (Lipinski definition) is 0. The van der Waals surface area contributed by atoms with Gasteiger partial charge in [0.15, 0.2) is 0 Å². The maximum atomic E-state index is 11.9. The van der Waals surface area contributed by atoms with Crippen molar-refractivity contribution in [1.29, 1.82) is 0 Å². The van der Waals surface area contributed by atoms with Gasteiger partial charge >= 0.3 is 10.2 Å². The summed E-state index contributed by atoms with van der Waals surface area (Å²) in [6, 6.07) is 0. The van der Waals surface area contributed by atoms with Gasteiger partial charge in [-0.2, -0.15) is 8.42 Å². The Morgan fingerprint density at radius 3 is 2.33 bits per heavy atom. The normalized spacial score (nSPS) is 11.8. The molecule has 0 saturated carbocycles. The standard InChI is InChI=1S/C7H15FO3S/c1-2-3-5-11-6-4-7-12(8,9)10/h2-7H2,1H3. The van der Waals surface area contributed by atoms with E-state index >= 15 is 0 Å². The summed E-state index contributed by atoms with van der Waals surface area (Å²) >= 11 is 0. The average molecular weight is 198 g/mol. The molecule has 0 bridgehead atoms. The Morgan fingerprint density at radius 1 is 1.25 bits per heavy atom. The van der Waals surface area contributed by atoms with Gasteiger partial charge in [0.05, 0.1) is 5.75 Å². The summed E-state index contributed by atoms with van der Waals surface area (Å²) in [7, 11) is -4.30. The minimum Gasteiger partial charge on any atom is -0.381 e. The van der Waals surface area contributed by atoms with Crippen LogP contribution in [0.2, 0.25) is 0 Å². The van der Waals surface area contributed by atoms with E-state index in [9.17, 15) is 12.3 Å². The molecule has 3 nitrogen and oxygen atoms in total. The molecule has 0 fully saturated rings. The van der Waals surface area contributed by atoms with Crippen molar-refractivity contribution in [2.75, 3.05) is 19.0 Å². The zero-order chi connectivity index (χ0) is 9.45. The third kappa shape index (κ3) is 9.84. The van der Waals surface area contributed by atoms with Gasteiger partial charge in [-0.1, -0.05) is 13.3 Å². The SMILES string of the molecule is CCCCOCCCS(=O)(=O)F. The maximum absolute atomic E-state index is 11.9. The molecule has 0 unspecified atom stereocenters. The molecule has 0 saturated heterocycles. The van der Waals surface area contributed by atoms with Crippen LogP contribution in [0.15, 0.2) is 0 Å². The zero-order valence-corrected chi connectivity index (χ0v) is 8.07. The fourth-order valence-electron chi connectivity index (χ4n) is 0.682. The summed E-state index contributed by atoms with van der Waals surface area (Å²) < 4.78 is 36.9. The van der Waals surface area contributed by atoms with Crippen molar-refractivity contribution in [2.45, 2.75) is 26.2 Å². The van der Waals surface area contributed by atoms with E-state index in [0.29, 0.717) is 13.2 Å². The van der Waals surface area contributed by atoms with Gasteiger partial charge in [0.25, 0.3) is 0 Å². The second-order valence-corrected chi connectivity index (χ2v) is 4.05. The molecular weight excluding hydrogens is 183 g/mol. The molecule has 74 valence electrons. The van der Waals surface area contributed by atoms with Crippen molar-refractivity contribution in [1.82, 2.24) is 0 Å². The van der Waals surface area contributed by atoms with Gasteiger partial charge in [0, 0.05) is 13.2 Å². The van der Waals surface area contributed by atoms with Crippen molar-refractivity contribution >= 4 is 10.2 Å². The second-order valence-electron chi connectivity index (χ2n) is 2.56. The Morgan fingerprint density at radius 2 is 1.83 bits per heavy atom. The average Bonchev–Trinajstić information content (AvgIpc) is 1.94. The minimum atomic E-state index is -4.30. The molecule has 0 atom stereocenters. The summed E-state index contributed by atoms with van der Waals surface area (Å²) in [5.74, 6) is -0.431. The molecule has 0 aromatic carbocycles. The van der Waals surface area contributed by atoms with E-state index in [0.717, 1.165) is 12.8 Å². The van der Waals surface area contributed by atoms with Crippen LogP contribution in [0.25, 0.3) is 0 Å². The summed E-state index contributed by atoms with van der Waals surface area (Å²) in [6.07, 6.45) is 2.24. The highest BCUT2D eigenvalue weighted by molar-refractivity contribution is 7.86. The lowest BCUT2D eigenvalue weighted by Gasteiger charge is -2.00. The van der Waals surface area contributed by atoms with E-state index in [1.807, 2.05) is 6.92 Å². The molecule has 0 rings (SSSR count). The van der Waals surface area contributed by atoms with Crippen LogP contribution >= 0.6 is 0 Å². The largest absolute Gasteiger partial charge is 0.381 e. The third-order valence-electron chi connectivity index (χ3n) is 1.32. The zero-order valence-electron chi connectivity index (χ0n) is 7.25. The van der Waals surface area contributed by atoms with Gasteiger partial charge in [-0.25, -0.2) is 0 Å². The summed E-state index contributed by atoms with van der Waals surface area (Å²) in [6.45, 7) is 2.99. The fraction of sp³-hybridized carbons (Fsp3) is 1.00. The van der Waals surface area contributed by atoms with E-state index in [1.165, 1.54) is 0 Å². The smallest absolute Gasteiger partial charge is 0.302 e. The Labute approximate surface area is 73.1 Å². The number of rotatable bonds is 7. The van der Waals surface area contributed by atoms with E-state index in [-0.39, 0.29) is 6.42 Å². The van der Waals surface area contributed by atoms with Gasteiger partial charge in [-0.05, 0) is 12.8 Å². The molecule has 0 radical (unpaired) electrons. The van der Waals surface area contributed by atoms with Gasteiger partial charge in [0.1, 0.15) is 0 Å². The highest BCUT2D eigenvalue weighted by atomic mass is 32.3. The molecule has 0 aliphatic heterocycles. The molecule has 0 aliphatic carbocycles. The number of ether oxygens (including phenoxy) is 1. The van der Waals surface area contributed by atoms with Gasteiger partial charge in [-0.15, -0.1) is 3.89 Å². The monoisotopic (exact) mass is 198 g/mol. The molecule has 0 spiro atoms. The lowest BCUT2D eigenvalue weighted by Crippen LogP contribution is -2.04. The first kappa shape index (κ1) is 11.8. The molecule has 12 heavy (non-hydrogen) atoms. The van der Waals surface area contributed by atoms with Crippen molar-refractivity contribution < 1.29 is 17.0 Å². The summed E-state index contributed by atoms with van der Waals surface area (Å²) in [5, 5.41) is 0. The van der Waals surface area contributed by atoms with Crippen LogP contribution in [0.4, 0.5) is 3.89 Å². The van der Waals surface area contributed by atoms with Gasteiger partial charge in [-0.3, -0.25) is 0 Å². The van der Waals surface area contributed by atoms with Crippen molar-refractivity contribution in [3.05, 3.63) is 0 Å². The van der Waals surface area contributed by atoms with Gasteiger partial charge in [0.2, 0.25) is 0 Å². The number of hydrogen-bond acceptors (Lipinski definition) is 3. The van der Waals surface area contributed by atoms with Crippen LogP contribution < -0.4 is 0 Å². The molecule has 0 aliphatic rings. The number of unbranched alkanes of at least 4 members (excludes halogenated alkanes) is 1. The topological polar surface area (TPSA) is 43.4 Å². The second kappa shape index (κ2) is 6.37. The van der Waals surface area contributed by atoms with Crippen molar-refractivity contribution in [2.24, 2.45) is 0 Å². The first-order valence-corrected chi connectivity index (χ1v) is 5.61. The minimum absolute atomic E-state index is 0.239. The quantitative estimate of drug-likeness (QED) is 0.460. The lowest BCUT2D eigenvalue weighted by atomic mass is 10.4. The Balaban J connectivity index is 3.12.